The summed E-state index contributed by atoms with van der Waals surface area (Å²) in [5, 5.41) is 10.0. The molecule has 0 spiro atoms. The van der Waals surface area contributed by atoms with Crippen LogP contribution in [0.4, 0.5) is 4.39 Å². The number of furan rings is 1. The van der Waals surface area contributed by atoms with Gasteiger partial charge in [-0.1, -0.05) is 36.4 Å². The van der Waals surface area contributed by atoms with Crippen molar-refractivity contribution in [3.05, 3.63) is 71.7 Å². The van der Waals surface area contributed by atoms with E-state index in [1.54, 1.807) is 30.3 Å². The van der Waals surface area contributed by atoms with Gasteiger partial charge in [-0.25, -0.2) is 4.39 Å². The summed E-state index contributed by atoms with van der Waals surface area (Å²) in [5.41, 5.74) is 0.622. The summed E-state index contributed by atoms with van der Waals surface area (Å²) in [6.07, 6.45) is 0. The highest BCUT2D eigenvalue weighted by Crippen LogP contribution is 2.26. The minimum Gasteiger partial charge on any atom is -0.453 e. The van der Waals surface area contributed by atoms with Gasteiger partial charge in [0.1, 0.15) is 17.3 Å². The van der Waals surface area contributed by atoms with Gasteiger partial charge in [0.15, 0.2) is 5.76 Å². The monoisotopic (exact) mass is 279 g/mol. The van der Waals surface area contributed by atoms with Crippen LogP contribution >= 0.6 is 0 Å². The first kappa shape index (κ1) is 13.1. The molecule has 0 N–H and O–H groups in total. The maximum atomic E-state index is 13.8. The number of rotatable bonds is 3. The van der Waals surface area contributed by atoms with E-state index in [-0.39, 0.29) is 11.3 Å². The third-order valence-electron chi connectivity index (χ3n) is 3.28. The summed E-state index contributed by atoms with van der Waals surface area (Å²) in [4.78, 5) is 12.4. The summed E-state index contributed by atoms with van der Waals surface area (Å²) in [5.74, 6) is -2.27. The minimum atomic E-state index is -1.22. The van der Waals surface area contributed by atoms with Crippen molar-refractivity contribution < 1.29 is 13.6 Å². The van der Waals surface area contributed by atoms with Crippen LogP contribution in [-0.4, -0.2) is 5.78 Å². The van der Waals surface area contributed by atoms with Crippen LogP contribution < -0.4 is 0 Å². The number of Topliss-reactive ketones (excluding diaryl/α,β-unsaturated/α-hetero) is 1. The van der Waals surface area contributed by atoms with Gasteiger partial charge in [0, 0.05) is 10.9 Å². The van der Waals surface area contributed by atoms with Crippen LogP contribution in [0.3, 0.4) is 0 Å². The van der Waals surface area contributed by atoms with Crippen LogP contribution in [-0.2, 0) is 0 Å². The molecule has 4 heteroatoms. The molecule has 0 aliphatic heterocycles. The van der Waals surface area contributed by atoms with Crippen LogP contribution in [0, 0.1) is 17.1 Å². The number of nitrogens with zero attached hydrogens (tertiary/aromatic N) is 1. The highest BCUT2D eigenvalue weighted by atomic mass is 19.1. The van der Waals surface area contributed by atoms with Crippen molar-refractivity contribution in [2.45, 2.75) is 5.92 Å². The average Bonchev–Trinajstić information content (AvgIpc) is 2.93. The second-order valence-corrected chi connectivity index (χ2v) is 4.60. The summed E-state index contributed by atoms with van der Waals surface area (Å²) in [7, 11) is 0. The maximum absolute atomic E-state index is 13.8. The van der Waals surface area contributed by atoms with E-state index >= 15 is 0 Å². The van der Waals surface area contributed by atoms with Gasteiger partial charge in [-0.15, -0.1) is 0 Å². The number of para-hydroxylation sites is 1. The zero-order valence-electron chi connectivity index (χ0n) is 10.9. The topological polar surface area (TPSA) is 54.0 Å². The van der Waals surface area contributed by atoms with E-state index in [2.05, 4.69) is 0 Å². The molecule has 1 atom stereocenters. The second kappa shape index (κ2) is 5.22. The first-order valence-corrected chi connectivity index (χ1v) is 6.37. The fourth-order valence-electron chi connectivity index (χ4n) is 2.22. The predicted octanol–water partition coefficient (Wildman–Crippen LogP) is 4.06. The lowest BCUT2D eigenvalue weighted by atomic mass is 9.94. The van der Waals surface area contributed by atoms with E-state index in [4.69, 9.17) is 4.42 Å². The normalized spacial score (nSPS) is 12.0. The first-order valence-electron chi connectivity index (χ1n) is 6.37. The van der Waals surface area contributed by atoms with Crippen molar-refractivity contribution in [3.63, 3.8) is 0 Å². The Morgan fingerprint density at radius 1 is 1.14 bits per heavy atom. The molecule has 0 saturated heterocycles. The molecular weight excluding hydrogens is 269 g/mol. The quantitative estimate of drug-likeness (QED) is 0.679. The Balaban J connectivity index is 2.03. The molecule has 0 radical (unpaired) electrons. The molecule has 3 nitrogen and oxygen atoms in total. The summed E-state index contributed by atoms with van der Waals surface area (Å²) in [6.45, 7) is 0. The summed E-state index contributed by atoms with van der Waals surface area (Å²) < 4.78 is 19.2. The number of hydrogen-bond acceptors (Lipinski definition) is 3. The molecule has 0 bridgehead atoms. The Morgan fingerprint density at radius 3 is 2.57 bits per heavy atom. The Kier molecular flexibility index (Phi) is 3.25. The van der Waals surface area contributed by atoms with E-state index in [1.165, 1.54) is 18.2 Å². The van der Waals surface area contributed by atoms with Crippen LogP contribution in [0.25, 0.3) is 11.0 Å². The molecule has 2 aromatic carbocycles. The van der Waals surface area contributed by atoms with Gasteiger partial charge in [0.05, 0.1) is 6.07 Å². The number of carbonyl (C=O) groups is 1. The SMILES string of the molecule is N#CC(C(=O)c1cc2ccccc2o1)c1ccccc1F. The first-order chi connectivity index (χ1) is 10.2. The van der Waals surface area contributed by atoms with Crippen LogP contribution in [0.1, 0.15) is 22.0 Å². The Hall–Kier alpha value is -2.93. The molecule has 102 valence electrons. The van der Waals surface area contributed by atoms with Crippen molar-refractivity contribution >= 4 is 16.8 Å². The fourth-order valence-corrected chi connectivity index (χ4v) is 2.22. The number of fused-ring (bicyclic) bond motifs is 1. The van der Waals surface area contributed by atoms with Gasteiger partial charge in [-0.3, -0.25) is 4.79 Å². The van der Waals surface area contributed by atoms with Gasteiger partial charge in [-0.05, 0) is 18.2 Å². The number of halogens is 1. The zero-order valence-corrected chi connectivity index (χ0v) is 10.9. The molecule has 3 aromatic rings. The van der Waals surface area contributed by atoms with E-state index in [0.29, 0.717) is 5.58 Å². The van der Waals surface area contributed by atoms with Crippen molar-refractivity contribution in [1.82, 2.24) is 0 Å². The van der Waals surface area contributed by atoms with E-state index < -0.39 is 17.5 Å². The van der Waals surface area contributed by atoms with Crippen LogP contribution in [0.5, 0.6) is 0 Å². The van der Waals surface area contributed by atoms with E-state index in [0.717, 1.165) is 5.39 Å². The van der Waals surface area contributed by atoms with Crippen LogP contribution in [0.2, 0.25) is 0 Å². The standard InChI is InChI=1S/C17H10FNO2/c18-14-7-3-2-6-12(14)13(10-19)17(20)16-9-11-5-1-4-8-15(11)21-16/h1-9,13H. The van der Waals surface area contributed by atoms with Gasteiger partial charge >= 0.3 is 0 Å². The van der Waals surface area contributed by atoms with Crippen molar-refractivity contribution in [1.29, 1.82) is 5.26 Å². The minimum absolute atomic E-state index is 0.0606. The molecule has 0 aliphatic carbocycles. The Morgan fingerprint density at radius 2 is 1.86 bits per heavy atom. The summed E-state index contributed by atoms with van der Waals surface area (Å²) >= 11 is 0. The largest absolute Gasteiger partial charge is 0.453 e. The number of carbonyl (C=O) groups excluding carboxylic acids is 1. The van der Waals surface area contributed by atoms with E-state index in [1.807, 2.05) is 12.1 Å². The second-order valence-electron chi connectivity index (χ2n) is 4.60. The number of ketones is 1. The Bertz CT molecular complexity index is 827. The fraction of sp³-hybridized carbons (Fsp3) is 0.0588. The number of benzene rings is 2. The highest BCUT2D eigenvalue weighted by molar-refractivity contribution is 6.03. The molecular formula is C17H10FNO2. The van der Waals surface area contributed by atoms with Gasteiger partial charge in [0.25, 0.3) is 0 Å². The lowest BCUT2D eigenvalue weighted by Crippen LogP contribution is -2.12. The van der Waals surface area contributed by atoms with Crippen LogP contribution in [0.15, 0.2) is 59.0 Å². The maximum Gasteiger partial charge on any atom is 0.219 e. The smallest absolute Gasteiger partial charge is 0.219 e. The molecule has 1 heterocycles. The van der Waals surface area contributed by atoms with Crippen molar-refractivity contribution in [2.24, 2.45) is 0 Å². The lowest BCUT2D eigenvalue weighted by molar-refractivity contribution is 0.0952. The highest BCUT2D eigenvalue weighted by Gasteiger charge is 2.27. The molecule has 0 aliphatic rings. The van der Waals surface area contributed by atoms with E-state index in [9.17, 15) is 14.4 Å². The average molecular weight is 279 g/mol. The Labute approximate surface area is 120 Å². The molecule has 21 heavy (non-hydrogen) atoms. The van der Waals surface area contributed by atoms with Gasteiger partial charge in [-0.2, -0.15) is 5.26 Å². The molecule has 0 amide bonds. The molecule has 3 rings (SSSR count). The third kappa shape index (κ3) is 2.30. The number of hydrogen-bond donors (Lipinski definition) is 0. The third-order valence-corrected chi connectivity index (χ3v) is 3.28. The lowest BCUT2D eigenvalue weighted by Gasteiger charge is -2.07. The zero-order chi connectivity index (χ0) is 14.8. The number of nitriles is 1. The molecule has 0 fully saturated rings. The molecule has 1 aromatic heterocycles. The summed E-state index contributed by atoms with van der Waals surface area (Å²) in [6, 6.07) is 16.3. The predicted molar refractivity (Wildman–Crippen MR) is 75.3 cm³/mol. The van der Waals surface area contributed by atoms with Gasteiger partial charge < -0.3 is 4.42 Å². The van der Waals surface area contributed by atoms with Gasteiger partial charge in [0.2, 0.25) is 5.78 Å². The van der Waals surface area contributed by atoms with Crippen molar-refractivity contribution in [2.75, 3.05) is 0 Å². The molecule has 1 unspecified atom stereocenters. The van der Waals surface area contributed by atoms with Crippen molar-refractivity contribution in [3.8, 4) is 6.07 Å². The molecule has 0 saturated carbocycles.